The highest BCUT2D eigenvalue weighted by atomic mass is 32.2. The van der Waals surface area contributed by atoms with Crippen LogP contribution in [0.3, 0.4) is 0 Å². The fourth-order valence-electron chi connectivity index (χ4n) is 4.17. The molecule has 138 valence electrons. The van der Waals surface area contributed by atoms with Crippen LogP contribution in [0, 0.1) is 0 Å². The summed E-state index contributed by atoms with van der Waals surface area (Å²) < 4.78 is 23.8. The first-order valence-corrected chi connectivity index (χ1v) is 11.0. The van der Waals surface area contributed by atoms with E-state index in [1.807, 2.05) is 19.1 Å². The van der Waals surface area contributed by atoms with Gasteiger partial charge in [0, 0.05) is 30.4 Å². The van der Waals surface area contributed by atoms with Crippen LogP contribution in [0.1, 0.15) is 25.8 Å². The molecule has 6 nitrogen and oxygen atoms in total. The van der Waals surface area contributed by atoms with Gasteiger partial charge >= 0.3 is 0 Å². The summed E-state index contributed by atoms with van der Waals surface area (Å²) >= 11 is 0. The van der Waals surface area contributed by atoms with Crippen LogP contribution in [0.4, 0.5) is 17.3 Å². The minimum atomic E-state index is -2.93. The molecule has 2 aliphatic heterocycles. The minimum Gasteiger partial charge on any atom is -0.353 e. The molecule has 7 heteroatoms. The third kappa shape index (κ3) is 3.05. The molecular formula is C19H24N4O2S. The van der Waals surface area contributed by atoms with E-state index in [1.165, 1.54) is 11.3 Å². The number of hydrogen-bond acceptors (Lipinski definition) is 6. The summed E-state index contributed by atoms with van der Waals surface area (Å²) in [6.45, 7) is 4.96. The Morgan fingerprint density at radius 1 is 1.27 bits per heavy atom. The van der Waals surface area contributed by atoms with Crippen molar-refractivity contribution in [1.29, 1.82) is 0 Å². The lowest BCUT2D eigenvalue weighted by molar-refractivity contribution is 0.599. The van der Waals surface area contributed by atoms with Crippen LogP contribution in [0.15, 0.2) is 36.7 Å². The molecule has 2 aromatic rings. The van der Waals surface area contributed by atoms with Gasteiger partial charge in [-0.05, 0) is 38.3 Å². The molecule has 0 N–H and O–H groups in total. The van der Waals surface area contributed by atoms with Crippen molar-refractivity contribution in [2.75, 3.05) is 27.9 Å². The van der Waals surface area contributed by atoms with Crippen molar-refractivity contribution in [3.8, 4) is 0 Å². The first kappa shape index (κ1) is 17.3. The molecule has 1 aromatic carbocycles. The lowest BCUT2D eigenvalue weighted by Crippen LogP contribution is -2.37. The first-order valence-electron chi connectivity index (χ1n) is 9.15. The van der Waals surface area contributed by atoms with Crippen LogP contribution in [0.5, 0.6) is 0 Å². The molecule has 0 bridgehead atoms. The highest BCUT2D eigenvalue weighted by Gasteiger charge is 2.33. The molecule has 2 atom stereocenters. The van der Waals surface area contributed by atoms with Crippen molar-refractivity contribution in [2.45, 2.75) is 38.8 Å². The predicted octanol–water partition coefficient (Wildman–Crippen LogP) is 2.57. The van der Waals surface area contributed by atoms with Gasteiger partial charge in [-0.3, -0.25) is 0 Å². The Morgan fingerprint density at radius 2 is 2.08 bits per heavy atom. The van der Waals surface area contributed by atoms with Gasteiger partial charge in [0.25, 0.3) is 0 Å². The van der Waals surface area contributed by atoms with Crippen LogP contribution in [-0.2, 0) is 16.3 Å². The smallest absolute Gasteiger partial charge is 0.152 e. The van der Waals surface area contributed by atoms with E-state index in [1.54, 1.807) is 6.33 Å². The fourth-order valence-corrected chi connectivity index (χ4v) is 5.90. The molecule has 1 aromatic heterocycles. The van der Waals surface area contributed by atoms with E-state index in [2.05, 4.69) is 44.9 Å². The van der Waals surface area contributed by atoms with E-state index < -0.39 is 9.84 Å². The fraction of sp³-hybridized carbons (Fsp3) is 0.474. The summed E-state index contributed by atoms with van der Waals surface area (Å²) in [4.78, 5) is 13.3. The lowest BCUT2D eigenvalue weighted by Gasteiger charge is -2.29. The Bertz CT molecular complexity index is 915. The second kappa shape index (κ2) is 6.54. The van der Waals surface area contributed by atoms with E-state index in [0.717, 1.165) is 24.6 Å². The third-order valence-corrected chi connectivity index (χ3v) is 7.13. The van der Waals surface area contributed by atoms with E-state index in [-0.39, 0.29) is 17.5 Å². The zero-order valence-corrected chi connectivity index (χ0v) is 16.0. The highest BCUT2D eigenvalue weighted by molar-refractivity contribution is 7.91. The molecule has 2 unspecified atom stereocenters. The van der Waals surface area contributed by atoms with Gasteiger partial charge in [0.2, 0.25) is 0 Å². The zero-order valence-electron chi connectivity index (χ0n) is 15.2. The van der Waals surface area contributed by atoms with Gasteiger partial charge in [0.05, 0.1) is 11.5 Å². The van der Waals surface area contributed by atoms with Crippen LogP contribution in [0.25, 0.3) is 0 Å². The SMILES string of the molecule is CCN(c1cc(N2c3ccccc3CC2C)ncn1)C1CCS(=O)(=O)C1. The Morgan fingerprint density at radius 3 is 2.81 bits per heavy atom. The third-order valence-electron chi connectivity index (χ3n) is 5.38. The Labute approximate surface area is 154 Å². The molecule has 0 amide bonds. The molecule has 3 heterocycles. The standard InChI is InChI=1S/C19H24N4O2S/c1-3-22(16-8-9-26(24,25)12-16)18-11-19(21-13-20-18)23-14(2)10-15-6-4-5-7-17(15)23/h4-7,11,13-14,16H,3,8-10,12H2,1-2H3. The maximum absolute atomic E-state index is 11.9. The van der Waals surface area contributed by atoms with Crippen molar-refractivity contribution in [3.05, 3.63) is 42.2 Å². The van der Waals surface area contributed by atoms with Crippen molar-refractivity contribution in [1.82, 2.24) is 9.97 Å². The average Bonchev–Trinajstić information content (AvgIpc) is 3.14. The molecule has 2 aliphatic rings. The van der Waals surface area contributed by atoms with Gasteiger partial charge in [-0.2, -0.15) is 0 Å². The quantitative estimate of drug-likeness (QED) is 0.822. The van der Waals surface area contributed by atoms with Gasteiger partial charge in [0.15, 0.2) is 9.84 Å². The summed E-state index contributed by atoms with van der Waals surface area (Å²) in [5, 5.41) is 0. The molecule has 0 saturated carbocycles. The number of rotatable bonds is 4. The highest BCUT2D eigenvalue weighted by Crippen LogP contribution is 2.38. The lowest BCUT2D eigenvalue weighted by atomic mass is 10.1. The van der Waals surface area contributed by atoms with E-state index in [4.69, 9.17) is 0 Å². The average molecular weight is 372 g/mol. The minimum absolute atomic E-state index is 0.00367. The van der Waals surface area contributed by atoms with E-state index in [9.17, 15) is 8.42 Å². The summed E-state index contributed by atoms with van der Waals surface area (Å²) in [6, 6.07) is 10.7. The van der Waals surface area contributed by atoms with E-state index in [0.29, 0.717) is 12.5 Å². The summed E-state index contributed by atoms with van der Waals surface area (Å²) in [5.41, 5.74) is 2.52. The molecule has 0 spiro atoms. The van der Waals surface area contributed by atoms with Crippen LogP contribution < -0.4 is 9.80 Å². The predicted molar refractivity (Wildman–Crippen MR) is 104 cm³/mol. The Kier molecular flexibility index (Phi) is 4.34. The molecule has 26 heavy (non-hydrogen) atoms. The topological polar surface area (TPSA) is 66.4 Å². The molecule has 0 radical (unpaired) electrons. The van der Waals surface area contributed by atoms with Crippen molar-refractivity contribution < 1.29 is 8.42 Å². The maximum Gasteiger partial charge on any atom is 0.152 e. The number of benzene rings is 1. The number of anilines is 3. The van der Waals surface area contributed by atoms with Gasteiger partial charge in [-0.1, -0.05) is 18.2 Å². The van der Waals surface area contributed by atoms with Gasteiger partial charge in [-0.15, -0.1) is 0 Å². The molecule has 1 fully saturated rings. The number of nitrogens with zero attached hydrogens (tertiary/aromatic N) is 4. The molecule has 4 rings (SSSR count). The largest absolute Gasteiger partial charge is 0.353 e. The molecular weight excluding hydrogens is 348 g/mol. The van der Waals surface area contributed by atoms with E-state index >= 15 is 0 Å². The van der Waals surface area contributed by atoms with Gasteiger partial charge in [-0.25, -0.2) is 18.4 Å². The second-order valence-corrected chi connectivity index (χ2v) is 9.36. The van der Waals surface area contributed by atoms with Crippen LogP contribution in [-0.4, -0.2) is 48.5 Å². The summed E-state index contributed by atoms with van der Waals surface area (Å²) in [6.07, 6.45) is 3.25. The maximum atomic E-state index is 11.9. The van der Waals surface area contributed by atoms with Crippen molar-refractivity contribution >= 4 is 27.2 Å². The summed E-state index contributed by atoms with van der Waals surface area (Å²) in [5.74, 6) is 2.15. The summed E-state index contributed by atoms with van der Waals surface area (Å²) in [7, 11) is -2.93. The number of hydrogen-bond donors (Lipinski definition) is 0. The number of sulfone groups is 1. The normalized spacial score (nSPS) is 23.8. The van der Waals surface area contributed by atoms with Gasteiger partial charge < -0.3 is 9.80 Å². The van der Waals surface area contributed by atoms with Crippen molar-refractivity contribution in [2.24, 2.45) is 0 Å². The zero-order chi connectivity index (χ0) is 18.3. The number of aromatic nitrogens is 2. The molecule has 1 saturated heterocycles. The van der Waals surface area contributed by atoms with Crippen LogP contribution >= 0.6 is 0 Å². The Balaban J connectivity index is 1.67. The van der Waals surface area contributed by atoms with Gasteiger partial charge in [0.1, 0.15) is 18.0 Å². The number of fused-ring (bicyclic) bond motifs is 1. The van der Waals surface area contributed by atoms with Crippen LogP contribution in [0.2, 0.25) is 0 Å². The second-order valence-electron chi connectivity index (χ2n) is 7.13. The Hall–Kier alpha value is -2.15. The number of para-hydroxylation sites is 1. The van der Waals surface area contributed by atoms with Crippen molar-refractivity contribution in [3.63, 3.8) is 0 Å². The monoisotopic (exact) mass is 372 g/mol. The first-order chi connectivity index (χ1) is 12.5. The molecule has 0 aliphatic carbocycles.